The Hall–Kier alpha value is 0.950. The summed E-state index contributed by atoms with van der Waals surface area (Å²) in [5.74, 6) is 0. The predicted molar refractivity (Wildman–Crippen MR) is 62.3 cm³/mol. The maximum absolute atomic E-state index is 12.3. The Labute approximate surface area is 104 Å². The lowest BCUT2D eigenvalue weighted by Crippen LogP contribution is -1.95. The second-order valence-corrected chi connectivity index (χ2v) is 4.95. The zero-order valence-electron chi connectivity index (χ0n) is 5.49. The first kappa shape index (κ1) is 11.0. The molecule has 0 radical (unpaired) electrons. The highest BCUT2D eigenvalue weighted by Gasteiger charge is 2.17. The largest absolute Gasteiger partial charge is 0.267 e. The van der Waals surface area contributed by atoms with Gasteiger partial charge >= 0.3 is 0 Å². The van der Waals surface area contributed by atoms with E-state index in [1.165, 1.54) is 0 Å². The van der Waals surface area contributed by atoms with Crippen LogP contribution in [0.15, 0.2) is 10.7 Å². The van der Waals surface area contributed by atoms with Crippen molar-refractivity contribution in [1.29, 1.82) is 0 Å². The number of hydrogen-bond acceptors (Lipinski definition) is 1. The number of alkyl halides is 2. The molecule has 12 heavy (non-hydrogen) atoms. The average Bonchev–Trinajstić information content (AvgIpc) is 1.82. The highest BCUT2D eigenvalue weighted by molar-refractivity contribution is 14.1. The van der Waals surface area contributed by atoms with Gasteiger partial charge in [-0.1, -0.05) is 0 Å². The summed E-state index contributed by atoms with van der Waals surface area (Å²) in [6.07, 6.45) is -2.48. The third kappa shape index (κ3) is 2.47. The summed E-state index contributed by atoms with van der Waals surface area (Å²) < 4.78 is 26.2. The fourth-order valence-corrected chi connectivity index (χ4v) is 3.88. The topological polar surface area (TPSA) is 12.9 Å². The Kier molecular flexibility index (Phi) is 4.09. The first-order valence-corrected chi connectivity index (χ1v) is 5.77. The number of hydrogen-bond donors (Lipinski definition) is 0. The molecule has 0 aromatic carbocycles. The fourth-order valence-electron chi connectivity index (χ4n) is 0.661. The van der Waals surface area contributed by atoms with Crippen LogP contribution < -0.4 is 0 Å². The van der Waals surface area contributed by atoms with E-state index in [-0.39, 0.29) is 10.2 Å². The van der Waals surface area contributed by atoms with E-state index in [1.54, 1.807) is 6.07 Å². The second kappa shape index (κ2) is 4.45. The minimum absolute atomic E-state index is 0.0315. The molecule has 0 aliphatic heterocycles. The number of rotatable bonds is 1. The van der Waals surface area contributed by atoms with Crippen LogP contribution in [0.1, 0.15) is 12.0 Å². The highest BCUT2D eigenvalue weighted by atomic mass is 127. The fraction of sp³-hybridized carbons (Fsp3) is 0.167. The summed E-state index contributed by atoms with van der Waals surface area (Å²) in [6, 6.07) is 1.62. The summed E-state index contributed by atoms with van der Waals surface area (Å²) in [4.78, 5) is 3.87. The maximum Gasteiger partial charge on any atom is 0.267 e. The van der Waals surface area contributed by atoms with Crippen LogP contribution in [0.3, 0.4) is 0 Å². The van der Waals surface area contributed by atoms with E-state index in [0.717, 1.165) is 0 Å². The van der Waals surface area contributed by atoms with Crippen LogP contribution in [0.2, 0.25) is 0 Å². The van der Waals surface area contributed by atoms with Crippen molar-refractivity contribution in [3.8, 4) is 0 Å². The molecule has 0 fully saturated rings. The molecule has 0 N–H and O–H groups in total. The normalized spacial score (nSPS) is 10.8. The van der Waals surface area contributed by atoms with Gasteiger partial charge in [0.1, 0.15) is 8.30 Å². The third-order valence-corrected chi connectivity index (χ3v) is 3.20. The van der Waals surface area contributed by atoms with E-state index >= 15 is 0 Å². The molecule has 1 rings (SSSR count). The molecule has 0 aliphatic carbocycles. The molecule has 1 aromatic heterocycles. The van der Waals surface area contributed by atoms with Crippen molar-refractivity contribution < 1.29 is 8.78 Å². The van der Waals surface area contributed by atoms with Gasteiger partial charge in [-0.2, -0.15) is 0 Å². The molecule has 0 spiro atoms. The first-order chi connectivity index (χ1) is 5.52. The zero-order chi connectivity index (χ0) is 9.30. The molecule has 1 aromatic rings. The lowest BCUT2D eigenvalue weighted by molar-refractivity contribution is 0.149. The molecule has 0 amide bonds. The lowest BCUT2D eigenvalue weighted by atomic mass is 10.3. The van der Waals surface area contributed by atoms with E-state index in [4.69, 9.17) is 0 Å². The second-order valence-electron chi connectivity index (χ2n) is 1.93. The summed E-state index contributed by atoms with van der Waals surface area (Å²) >= 11 is 6.85. The van der Waals surface area contributed by atoms with Crippen LogP contribution in [0.4, 0.5) is 8.78 Å². The van der Waals surface area contributed by atoms with E-state index in [9.17, 15) is 8.78 Å². The van der Waals surface area contributed by atoms with Gasteiger partial charge in [0.15, 0.2) is 0 Å². The van der Waals surface area contributed by atoms with Gasteiger partial charge < -0.3 is 0 Å². The summed E-state index contributed by atoms with van der Waals surface area (Å²) in [7, 11) is 0. The predicted octanol–water partition coefficient (Wildman–Crippen LogP) is 3.99. The highest BCUT2D eigenvalue weighted by Crippen LogP contribution is 2.30. The van der Waals surface area contributed by atoms with Gasteiger partial charge in [0.25, 0.3) is 6.43 Å². The molecule has 0 saturated carbocycles. The van der Waals surface area contributed by atoms with Crippen molar-refractivity contribution in [3.05, 3.63) is 23.5 Å². The van der Waals surface area contributed by atoms with E-state index in [1.807, 2.05) is 45.2 Å². The molecule has 0 saturated heterocycles. The van der Waals surface area contributed by atoms with Gasteiger partial charge in [-0.05, 0) is 67.2 Å². The van der Waals surface area contributed by atoms with Crippen LogP contribution in [0, 0.1) is 7.27 Å². The Bertz CT molecular complexity index is 283. The minimum Gasteiger partial charge on any atom is -0.234 e. The minimum atomic E-state index is -2.48. The van der Waals surface area contributed by atoms with Crippen LogP contribution in [0.25, 0.3) is 0 Å². The SMILES string of the molecule is FC(F)c1c(I)cc(I)nc1Br. The van der Waals surface area contributed by atoms with Gasteiger partial charge in [0, 0.05) is 3.57 Å². The van der Waals surface area contributed by atoms with Gasteiger partial charge in [-0.3, -0.25) is 0 Å². The van der Waals surface area contributed by atoms with E-state index in [2.05, 4.69) is 20.9 Å². The molecule has 1 nitrogen and oxygen atoms in total. The van der Waals surface area contributed by atoms with Crippen molar-refractivity contribution in [2.45, 2.75) is 6.43 Å². The van der Waals surface area contributed by atoms with Gasteiger partial charge in [-0.15, -0.1) is 0 Å². The zero-order valence-corrected chi connectivity index (χ0v) is 11.4. The monoisotopic (exact) mass is 459 g/mol. The number of aromatic nitrogens is 1. The summed E-state index contributed by atoms with van der Waals surface area (Å²) in [5.41, 5.74) is -0.0315. The van der Waals surface area contributed by atoms with Crippen molar-refractivity contribution in [2.75, 3.05) is 0 Å². The molecule has 1 heterocycles. The molecule has 6 heteroatoms. The quantitative estimate of drug-likeness (QED) is 0.457. The standard InChI is InChI=1S/C6H2BrF2I2N/c7-5-4(6(8)9)2(10)1-3(11)12-5/h1,6H. The summed E-state index contributed by atoms with van der Waals surface area (Å²) in [5, 5.41) is 0. The number of pyridine rings is 1. The van der Waals surface area contributed by atoms with Crippen molar-refractivity contribution >= 4 is 61.1 Å². The van der Waals surface area contributed by atoms with Crippen molar-refractivity contribution in [2.24, 2.45) is 0 Å². The molecule has 0 aliphatic rings. The van der Waals surface area contributed by atoms with Gasteiger partial charge in [0.2, 0.25) is 0 Å². The Balaban J connectivity index is 3.28. The number of halogens is 5. The lowest BCUT2D eigenvalue weighted by Gasteiger charge is -2.05. The smallest absolute Gasteiger partial charge is 0.234 e. The van der Waals surface area contributed by atoms with Crippen LogP contribution >= 0.6 is 61.1 Å². The van der Waals surface area contributed by atoms with Crippen molar-refractivity contribution in [3.63, 3.8) is 0 Å². The van der Waals surface area contributed by atoms with E-state index in [0.29, 0.717) is 7.27 Å². The molecular formula is C6H2BrF2I2N. The summed E-state index contributed by atoms with van der Waals surface area (Å²) in [6.45, 7) is 0. The van der Waals surface area contributed by atoms with E-state index < -0.39 is 6.43 Å². The van der Waals surface area contributed by atoms with Gasteiger partial charge in [-0.25, -0.2) is 13.8 Å². The first-order valence-electron chi connectivity index (χ1n) is 2.82. The molecule has 0 unspecified atom stereocenters. The Morgan fingerprint density at radius 3 is 2.42 bits per heavy atom. The van der Waals surface area contributed by atoms with Crippen LogP contribution in [-0.2, 0) is 0 Å². The van der Waals surface area contributed by atoms with Crippen LogP contribution in [0.5, 0.6) is 0 Å². The Morgan fingerprint density at radius 1 is 1.42 bits per heavy atom. The maximum atomic E-state index is 12.3. The molecule has 0 atom stereocenters. The molecule has 0 bridgehead atoms. The molecule has 66 valence electrons. The van der Waals surface area contributed by atoms with Gasteiger partial charge in [0.05, 0.1) is 5.56 Å². The Morgan fingerprint density at radius 2 is 2.00 bits per heavy atom. The van der Waals surface area contributed by atoms with Crippen molar-refractivity contribution in [1.82, 2.24) is 4.98 Å². The third-order valence-electron chi connectivity index (χ3n) is 1.15. The average molecular weight is 460 g/mol. The molecular weight excluding hydrogens is 458 g/mol. The van der Waals surface area contributed by atoms with Crippen LogP contribution in [-0.4, -0.2) is 4.98 Å². The number of nitrogens with zero attached hydrogens (tertiary/aromatic N) is 1.